The summed E-state index contributed by atoms with van der Waals surface area (Å²) in [4.78, 5) is 29.2. The summed E-state index contributed by atoms with van der Waals surface area (Å²) in [5.74, 6) is -0.895. The number of hydrogen-bond donors (Lipinski definition) is 0. The van der Waals surface area contributed by atoms with Crippen LogP contribution < -0.4 is 4.90 Å². The molecule has 1 fully saturated rings. The molecule has 2 rings (SSSR count). The molecule has 0 saturated carbocycles. The molecule has 0 N–H and O–H groups in total. The van der Waals surface area contributed by atoms with Crippen LogP contribution in [0, 0.1) is 5.82 Å². The molecule has 5 nitrogen and oxygen atoms in total. The van der Waals surface area contributed by atoms with Crippen molar-refractivity contribution in [2.45, 2.75) is 73.0 Å². The Morgan fingerprint density at radius 2 is 1.83 bits per heavy atom. The summed E-state index contributed by atoms with van der Waals surface area (Å²) in [5.41, 5.74) is -0.620. The summed E-state index contributed by atoms with van der Waals surface area (Å²) in [5, 5.41) is 0. The maximum Gasteiger partial charge on any atom is 0.329 e. The molecular weight excluding hydrogens is 311 g/mol. The summed E-state index contributed by atoms with van der Waals surface area (Å²) in [6.07, 6.45) is 1.66. The van der Waals surface area contributed by atoms with E-state index in [0.717, 1.165) is 6.20 Å². The number of pyridine rings is 1. The van der Waals surface area contributed by atoms with E-state index in [1.54, 1.807) is 20.8 Å². The lowest BCUT2D eigenvalue weighted by Gasteiger charge is -2.26. The smallest absolute Gasteiger partial charge is 0.329 e. The highest BCUT2D eigenvalue weighted by Crippen LogP contribution is 2.27. The number of carbonyl (C=O) groups excluding carboxylic acids is 2. The van der Waals surface area contributed by atoms with Crippen LogP contribution in [0.25, 0.3) is 0 Å². The lowest BCUT2D eigenvalue weighted by Crippen LogP contribution is -2.42. The predicted molar refractivity (Wildman–Crippen MR) is 93.2 cm³/mol. The quantitative estimate of drug-likeness (QED) is 0.760. The molecule has 1 aromatic heterocycles. The number of aromatic nitrogens is 1. The second kappa shape index (κ2) is 10.0. The number of nitrogens with zero attached hydrogens (tertiary/aromatic N) is 2. The molecule has 24 heavy (non-hydrogen) atoms. The number of halogens is 1. The van der Waals surface area contributed by atoms with Crippen LogP contribution in [0.15, 0.2) is 18.3 Å². The third kappa shape index (κ3) is 6.26. The highest BCUT2D eigenvalue weighted by atomic mass is 19.1. The van der Waals surface area contributed by atoms with E-state index in [4.69, 9.17) is 4.74 Å². The fourth-order valence-corrected chi connectivity index (χ4v) is 2.07. The second-order valence-electron chi connectivity index (χ2n) is 5.69. The van der Waals surface area contributed by atoms with Gasteiger partial charge in [0.25, 0.3) is 0 Å². The zero-order valence-corrected chi connectivity index (χ0v) is 15.7. The molecule has 1 saturated heterocycles. The lowest BCUT2D eigenvalue weighted by molar-refractivity contribution is -0.156. The predicted octanol–water partition coefficient (Wildman–Crippen LogP) is 4.11. The van der Waals surface area contributed by atoms with Gasteiger partial charge in [-0.25, -0.2) is 14.2 Å². The second-order valence-corrected chi connectivity index (χ2v) is 5.69. The van der Waals surface area contributed by atoms with Gasteiger partial charge < -0.3 is 4.74 Å². The molecule has 1 unspecified atom stereocenters. The number of esters is 1. The van der Waals surface area contributed by atoms with Crippen molar-refractivity contribution in [3.05, 3.63) is 24.1 Å². The van der Waals surface area contributed by atoms with Crippen LogP contribution in [0.1, 0.15) is 61.3 Å². The minimum atomic E-state index is -0.695. The average molecular weight is 340 g/mol. The Morgan fingerprint density at radius 3 is 2.29 bits per heavy atom. The Morgan fingerprint density at radius 1 is 1.25 bits per heavy atom. The minimum Gasteiger partial charge on any atom is -0.458 e. The number of carbonyl (C=O) groups is 2. The molecule has 0 spiro atoms. The van der Waals surface area contributed by atoms with Gasteiger partial charge in [-0.3, -0.25) is 9.69 Å². The first-order chi connectivity index (χ1) is 11.3. The molecule has 0 aromatic carbocycles. The monoisotopic (exact) mass is 340 g/mol. The van der Waals surface area contributed by atoms with Gasteiger partial charge in [0.15, 0.2) is 0 Å². The van der Waals surface area contributed by atoms with Crippen LogP contribution in [0.5, 0.6) is 0 Å². The van der Waals surface area contributed by atoms with Crippen LogP contribution in [0.4, 0.5) is 10.2 Å². The highest BCUT2D eigenvalue weighted by molar-refractivity contribution is 6.01. The van der Waals surface area contributed by atoms with Crippen molar-refractivity contribution in [3.8, 4) is 0 Å². The third-order valence-electron chi connectivity index (χ3n) is 2.85. The van der Waals surface area contributed by atoms with Gasteiger partial charge >= 0.3 is 5.97 Å². The van der Waals surface area contributed by atoms with Crippen molar-refractivity contribution in [2.75, 3.05) is 4.90 Å². The van der Waals surface area contributed by atoms with Gasteiger partial charge in [-0.15, -0.1) is 0 Å². The topological polar surface area (TPSA) is 59.5 Å². The Hall–Kier alpha value is -1.98. The Bertz CT molecular complexity index is 524. The van der Waals surface area contributed by atoms with E-state index < -0.39 is 23.4 Å². The fourth-order valence-electron chi connectivity index (χ4n) is 2.07. The van der Waals surface area contributed by atoms with E-state index in [2.05, 4.69) is 4.98 Å². The Balaban J connectivity index is 0.00000123. The highest BCUT2D eigenvalue weighted by Gasteiger charge is 2.40. The SMILES string of the molecule is CC.CC.CC(C)(C)OC(=O)C1CCC(=O)N1c1ccc(F)cn1. The third-order valence-corrected chi connectivity index (χ3v) is 2.85. The first-order valence-corrected chi connectivity index (χ1v) is 8.44. The first-order valence-electron chi connectivity index (χ1n) is 8.44. The van der Waals surface area contributed by atoms with E-state index in [-0.39, 0.29) is 18.1 Å². The molecule has 1 atom stereocenters. The largest absolute Gasteiger partial charge is 0.458 e. The summed E-state index contributed by atoms with van der Waals surface area (Å²) in [6, 6.07) is 1.90. The van der Waals surface area contributed by atoms with Crippen molar-refractivity contribution in [3.63, 3.8) is 0 Å². The van der Waals surface area contributed by atoms with Crippen LogP contribution >= 0.6 is 0 Å². The molecular formula is C18H29FN2O3. The zero-order valence-electron chi connectivity index (χ0n) is 15.7. The summed E-state index contributed by atoms with van der Waals surface area (Å²) >= 11 is 0. The molecule has 0 radical (unpaired) electrons. The lowest BCUT2D eigenvalue weighted by atomic mass is 10.1. The molecule has 136 valence electrons. The number of amides is 1. The Kier molecular flexibility index (Phi) is 9.18. The van der Waals surface area contributed by atoms with Crippen molar-refractivity contribution < 1.29 is 18.7 Å². The van der Waals surface area contributed by atoms with Crippen LogP contribution in [-0.2, 0) is 14.3 Å². The summed E-state index contributed by atoms with van der Waals surface area (Å²) < 4.78 is 18.2. The summed E-state index contributed by atoms with van der Waals surface area (Å²) in [7, 11) is 0. The van der Waals surface area contributed by atoms with Crippen molar-refractivity contribution >= 4 is 17.7 Å². The van der Waals surface area contributed by atoms with Gasteiger partial charge in [0.2, 0.25) is 5.91 Å². The van der Waals surface area contributed by atoms with Crippen LogP contribution in [0.3, 0.4) is 0 Å². The molecule has 6 heteroatoms. The number of anilines is 1. The first kappa shape index (κ1) is 22.0. The van der Waals surface area contributed by atoms with Gasteiger partial charge in [0, 0.05) is 6.42 Å². The maximum atomic E-state index is 12.9. The molecule has 0 aliphatic carbocycles. The van der Waals surface area contributed by atoms with Gasteiger partial charge in [-0.05, 0) is 39.3 Å². The standard InChI is InChI=1S/C14H17FN2O3.2C2H6/c1-14(2,3)20-13(19)10-5-7-12(18)17(10)11-6-4-9(15)8-16-11;2*1-2/h4,6,8,10H,5,7H2,1-3H3;2*1-2H3. The molecule has 2 heterocycles. The van der Waals surface area contributed by atoms with Gasteiger partial charge in [0.1, 0.15) is 23.3 Å². The number of hydrogen-bond acceptors (Lipinski definition) is 4. The van der Waals surface area contributed by atoms with E-state index in [1.165, 1.54) is 17.0 Å². The van der Waals surface area contributed by atoms with Gasteiger partial charge in [-0.1, -0.05) is 27.7 Å². The maximum absolute atomic E-state index is 12.9. The Labute approximate surface area is 144 Å². The van der Waals surface area contributed by atoms with Crippen molar-refractivity contribution in [2.24, 2.45) is 0 Å². The normalized spacial score (nSPS) is 16.6. The van der Waals surface area contributed by atoms with E-state index >= 15 is 0 Å². The van der Waals surface area contributed by atoms with E-state index in [0.29, 0.717) is 6.42 Å². The molecule has 1 aromatic rings. The minimum absolute atomic E-state index is 0.208. The van der Waals surface area contributed by atoms with Crippen molar-refractivity contribution in [1.29, 1.82) is 0 Å². The number of rotatable bonds is 2. The summed E-state index contributed by atoms with van der Waals surface area (Å²) in [6.45, 7) is 13.3. The van der Waals surface area contributed by atoms with E-state index in [1.807, 2.05) is 27.7 Å². The van der Waals surface area contributed by atoms with E-state index in [9.17, 15) is 14.0 Å². The zero-order chi connectivity index (χ0) is 18.9. The molecule has 1 aliphatic rings. The van der Waals surface area contributed by atoms with Crippen LogP contribution in [0.2, 0.25) is 0 Å². The molecule has 1 amide bonds. The fraction of sp³-hybridized carbons (Fsp3) is 0.611. The van der Waals surface area contributed by atoms with Crippen LogP contribution in [-0.4, -0.2) is 28.5 Å². The van der Waals surface area contributed by atoms with Crippen molar-refractivity contribution in [1.82, 2.24) is 4.98 Å². The van der Waals surface area contributed by atoms with Gasteiger partial charge in [0.05, 0.1) is 6.20 Å². The average Bonchev–Trinajstić information content (AvgIpc) is 2.92. The number of ether oxygens (including phenoxy) is 1. The molecule has 0 bridgehead atoms. The van der Waals surface area contributed by atoms with Gasteiger partial charge in [-0.2, -0.15) is 0 Å². The molecule has 1 aliphatic heterocycles.